The fourth-order valence-electron chi connectivity index (χ4n) is 0.997. The van der Waals surface area contributed by atoms with Gasteiger partial charge in [0.15, 0.2) is 0 Å². The molecular weight excluding hydrogens is 250 g/mol. The molecule has 0 bridgehead atoms. The molecule has 1 rings (SSSR count). The number of nitriles is 1. The smallest absolute Gasteiger partial charge is 0.343 e. The summed E-state index contributed by atoms with van der Waals surface area (Å²) >= 11 is 3.10. The van der Waals surface area contributed by atoms with Gasteiger partial charge in [0.25, 0.3) is 0 Å². The summed E-state index contributed by atoms with van der Waals surface area (Å²) in [5, 5.41) is 18.1. The molecule has 1 aromatic rings. The van der Waals surface area contributed by atoms with Gasteiger partial charge in [-0.05, 0) is 12.1 Å². The van der Waals surface area contributed by atoms with E-state index in [0.29, 0.717) is 4.47 Å². The van der Waals surface area contributed by atoms with Crippen LogP contribution in [-0.4, -0.2) is 18.2 Å². The van der Waals surface area contributed by atoms with Gasteiger partial charge < -0.3 is 9.84 Å². The van der Waals surface area contributed by atoms with Gasteiger partial charge in [-0.1, -0.05) is 15.9 Å². The summed E-state index contributed by atoms with van der Waals surface area (Å²) in [5.41, 5.74) is -0.0399. The standard InChI is InChI=1S/C9H6BrNO3/c1-14-9(13)8-5(4-11)2-6(10)3-7(8)12/h2-3,12H,1H3. The highest BCUT2D eigenvalue weighted by atomic mass is 79.9. The molecule has 0 radical (unpaired) electrons. The average molecular weight is 256 g/mol. The molecule has 0 aliphatic rings. The third-order valence-corrected chi connectivity index (χ3v) is 2.05. The number of esters is 1. The maximum atomic E-state index is 11.2. The molecule has 0 aliphatic heterocycles. The van der Waals surface area contributed by atoms with Gasteiger partial charge >= 0.3 is 5.97 Å². The Bertz CT molecular complexity index is 423. The minimum Gasteiger partial charge on any atom is -0.507 e. The summed E-state index contributed by atoms with van der Waals surface area (Å²) < 4.78 is 4.96. The molecule has 0 unspecified atom stereocenters. The number of nitrogens with zero attached hydrogens (tertiary/aromatic N) is 1. The molecule has 1 N–H and O–H groups in total. The first-order valence-electron chi connectivity index (χ1n) is 3.61. The van der Waals surface area contributed by atoms with Gasteiger partial charge in [0, 0.05) is 4.47 Å². The average Bonchev–Trinajstić information content (AvgIpc) is 2.15. The zero-order valence-corrected chi connectivity index (χ0v) is 8.83. The third kappa shape index (κ3) is 1.86. The van der Waals surface area contributed by atoms with Crippen molar-refractivity contribution >= 4 is 21.9 Å². The molecule has 0 atom stereocenters. The third-order valence-electron chi connectivity index (χ3n) is 1.59. The van der Waals surface area contributed by atoms with E-state index in [9.17, 15) is 9.90 Å². The van der Waals surface area contributed by atoms with E-state index in [0.717, 1.165) is 0 Å². The lowest BCUT2D eigenvalue weighted by atomic mass is 10.1. The molecule has 14 heavy (non-hydrogen) atoms. The number of phenols is 1. The van der Waals surface area contributed by atoms with Crippen LogP contribution in [0.5, 0.6) is 5.75 Å². The number of phenolic OH excluding ortho intramolecular Hbond substituents is 1. The predicted octanol–water partition coefficient (Wildman–Crippen LogP) is 1.81. The normalized spacial score (nSPS) is 9.21. The van der Waals surface area contributed by atoms with Gasteiger partial charge in [-0.2, -0.15) is 5.26 Å². The predicted molar refractivity (Wildman–Crippen MR) is 51.9 cm³/mol. The van der Waals surface area contributed by atoms with Crippen LogP contribution in [0.2, 0.25) is 0 Å². The maximum Gasteiger partial charge on any atom is 0.343 e. The minimum absolute atomic E-state index is 0.0729. The van der Waals surface area contributed by atoms with E-state index >= 15 is 0 Å². The van der Waals surface area contributed by atoms with Crippen LogP contribution in [0.4, 0.5) is 0 Å². The van der Waals surface area contributed by atoms with E-state index in [1.54, 1.807) is 6.07 Å². The lowest BCUT2D eigenvalue weighted by Crippen LogP contribution is -2.04. The Morgan fingerprint density at radius 2 is 2.29 bits per heavy atom. The van der Waals surface area contributed by atoms with Crippen LogP contribution < -0.4 is 0 Å². The molecule has 72 valence electrons. The molecule has 0 aromatic heterocycles. The Kier molecular flexibility index (Phi) is 3.10. The zero-order chi connectivity index (χ0) is 10.7. The fourth-order valence-corrected chi connectivity index (χ4v) is 1.44. The van der Waals surface area contributed by atoms with E-state index in [1.165, 1.54) is 19.2 Å². The van der Waals surface area contributed by atoms with Crippen molar-refractivity contribution in [1.29, 1.82) is 5.26 Å². The molecular formula is C9H6BrNO3. The van der Waals surface area contributed by atoms with E-state index in [1.807, 2.05) is 0 Å². The van der Waals surface area contributed by atoms with E-state index in [4.69, 9.17) is 5.26 Å². The van der Waals surface area contributed by atoms with Crippen molar-refractivity contribution in [2.45, 2.75) is 0 Å². The van der Waals surface area contributed by atoms with E-state index < -0.39 is 5.97 Å². The molecule has 0 saturated heterocycles. The molecule has 0 spiro atoms. The number of halogens is 1. The second kappa shape index (κ2) is 4.11. The highest BCUT2D eigenvalue weighted by Gasteiger charge is 2.17. The van der Waals surface area contributed by atoms with Crippen molar-refractivity contribution < 1.29 is 14.6 Å². The lowest BCUT2D eigenvalue weighted by molar-refractivity contribution is 0.0597. The van der Waals surface area contributed by atoms with Gasteiger partial charge in [-0.3, -0.25) is 0 Å². The fraction of sp³-hybridized carbons (Fsp3) is 0.111. The van der Waals surface area contributed by atoms with Gasteiger partial charge in [0.2, 0.25) is 0 Å². The Hall–Kier alpha value is -1.54. The SMILES string of the molecule is COC(=O)c1c(O)cc(Br)cc1C#N. The van der Waals surface area contributed by atoms with Crippen LogP contribution in [-0.2, 0) is 4.74 Å². The first-order chi connectivity index (χ1) is 6.60. The zero-order valence-electron chi connectivity index (χ0n) is 7.24. The summed E-state index contributed by atoms with van der Waals surface area (Å²) in [6.07, 6.45) is 0. The number of ether oxygens (including phenoxy) is 1. The summed E-state index contributed by atoms with van der Waals surface area (Å²) in [6.45, 7) is 0. The molecule has 1 aromatic carbocycles. The molecule has 0 amide bonds. The Balaban J connectivity index is 3.42. The van der Waals surface area contributed by atoms with E-state index in [2.05, 4.69) is 20.7 Å². The van der Waals surface area contributed by atoms with Crippen molar-refractivity contribution in [1.82, 2.24) is 0 Å². The van der Waals surface area contributed by atoms with Crippen molar-refractivity contribution in [2.24, 2.45) is 0 Å². The summed E-state index contributed by atoms with van der Waals surface area (Å²) in [6, 6.07) is 4.56. The van der Waals surface area contributed by atoms with E-state index in [-0.39, 0.29) is 16.9 Å². The lowest BCUT2D eigenvalue weighted by Gasteiger charge is -2.04. The quantitative estimate of drug-likeness (QED) is 0.778. The topological polar surface area (TPSA) is 70.3 Å². The molecule has 0 fully saturated rings. The van der Waals surface area contributed by atoms with Crippen molar-refractivity contribution in [3.63, 3.8) is 0 Å². The maximum absolute atomic E-state index is 11.2. The van der Waals surface area contributed by atoms with Gasteiger partial charge in [0.1, 0.15) is 17.4 Å². The Morgan fingerprint density at radius 1 is 1.64 bits per heavy atom. The van der Waals surface area contributed by atoms with Gasteiger partial charge in [0.05, 0.1) is 12.7 Å². The largest absolute Gasteiger partial charge is 0.507 e. The highest BCUT2D eigenvalue weighted by molar-refractivity contribution is 9.10. The number of hydrogen-bond acceptors (Lipinski definition) is 4. The number of methoxy groups -OCH3 is 1. The van der Waals surface area contributed by atoms with Crippen LogP contribution in [0, 0.1) is 11.3 Å². The number of benzene rings is 1. The molecule has 0 aliphatic carbocycles. The van der Waals surface area contributed by atoms with Crippen LogP contribution in [0.3, 0.4) is 0 Å². The number of hydrogen-bond donors (Lipinski definition) is 1. The molecule has 4 nitrogen and oxygen atoms in total. The minimum atomic E-state index is -0.730. The summed E-state index contributed by atoms with van der Waals surface area (Å²) in [4.78, 5) is 11.2. The van der Waals surface area contributed by atoms with Crippen LogP contribution in [0.15, 0.2) is 16.6 Å². The molecule has 0 saturated carbocycles. The monoisotopic (exact) mass is 255 g/mol. The first kappa shape index (κ1) is 10.5. The summed E-state index contributed by atoms with van der Waals surface area (Å²) in [5.74, 6) is -1.01. The van der Waals surface area contributed by atoms with Gasteiger partial charge in [-0.15, -0.1) is 0 Å². The summed E-state index contributed by atoms with van der Waals surface area (Å²) in [7, 11) is 1.19. The Morgan fingerprint density at radius 3 is 2.79 bits per heavy atom. The molecule has 0 heterocycles. The first-order valence-corrected chi connectivity index (χ1v) is 4.40. The number of carbonyl (C=O) groups excluding carboxylic acids is 1. The van der Waals surface area contributed by atoms with Crippen molar-refractivity contribution in [3.8, 4) is 11.8 Å². The highest BCUT2D eigenvalue weighted by Crippen LogP contribution is 2.26. The van der Waals surface area contributed by atoms with Gasteiger partial charge in [-0.25, -0.2) is 4.79 Å². The molecule has 5 heteroatoms. The Labute approximate surface area is 88.9 Å². The second-order valence-corrected chi connectivity index (χ2v) is 3.37. The second-order valence-electron chi connectivity index (χ2n) is 2.45. The van der Waals surface area contributed by atoms with Crippen LogP contribution in [0.1, 0.15) is 15.9 Å². The number of rotatable bonds is 1. The van der Waals surface area contributed by atoms with Crippen molar-refractivity contribution in [2.75, 3.05) is 7.11 Å². The van der Waals surface area contributed by atoms with Crippen molar-refractivity contribution in [3.05, 3.63) is 27.7 Å². The van der Waals surface area contributed by atoms with Crippen LogP contribution >= 0.6 is 15.9 Å². The number of aromatic hydroxyl groups is 1. The van der Waals surface area contributed by atoms with Crippen LogP contribution in [0.25, 0.3) is 0 Å². The number of carbonyl (C=O) groups is 1.